The summed E-state index contributed by atoms with van der Waals surface area (Å²) in [7, 11) is 0. The van der Waals surface area contributed by atoms with Gasteiger partial charge >= 0.3 is 0 Å². The Morgan fingerprint density at radius 2 is 2.28 bits per heavy atom. The molecule has 96 valence electrons. The normalized spacial score (nSPS) is 23.5. The van der Waals surface area contributed by atoms with Crippen LogP contribution in [0.4, 0.5) is 11.4 Å². The molecule has 18 heavy (non-hydrogen) atoms. The van der Waals surface area contributed by atoms with Crippen LogP contribution in [0.25, 0.3) is 0 Å². The van der Waals surface area contributed by atoms with Crippen molar-refractivity contribution in [2.45, 2.75) is 18.9 Å². The number of benzene rings is 1. The molecule has 1 atom stereocenters. The zero-order valence-corrected chi connectivity index (χ0v) is 11.7. The third-order valence-corrected chi connectivity index (χ3v) is 4.05. The lowest BCUT2D eigenvalue weighted by Crippen LogP contribution is -2.52. The maximum Gasteiger partial charge on any atom is 0.246 e. The van der Waals surface area contributed by atoms with Crippen molar-refractivity contribution in [2.75, 3.05) is 29.9 Å². The van der Waals surface area contributed by atoms with E-state index in [0.29, 0.717) is 6.54 Å². The fourth-order valence-electron chi connectivity index (χ4n) is 2.70. The zero-order valence-electron chi connectivity index (χ0n) is 10.1. The van der Waals surface area contributed by atoms with E-state index in [-0.39, 0.29) is 11.9 Å². The minimum atomic E-state index is 0.165. The monoisotopic (exact) mass is 309 g/mol. The molecular weight excluding hydrogens is 294 g/mol. The van der Waals surface area contributed by atoms with Crippen LogP contribution in [0.1, 0.15) is 12.8 Å². The van der Waals surface area contributed by atoms with Crippen molar-refractivity contribution in [3.05, 3.63) is 22.7 Å². The number of rotatable bonds is 1. The molecule has 0 radical (unpaired) electrons. The van der Waals surface area contributed by atoms with Gasteiger partial charge in [0.05, 0.1) is 17.9 Å². The van der Waals surface area contributed by atoms with Gasteiger partial charge in [0.1, 0.15) is 0 Å². The average molecular weight is 310 g/mol. The average Bonchev–Trinajstić information content (AvgIpc) is 2.40. The van der Waals surface area contributed by atoms with E-state index in [2.05, 4.69) is 26.6 Å². The van der Waals surface area contributed by atoms with Crippen molar-refractivity contribution in [1.29, 1.82) is 0 Å². The summed E-state index contributed by atoms with van der Waals surface area (Å²) in [5.41, 5.74) is 2.04. The van der Waals surface area contributed by atoms with Gasteiger partial charge in [0, 0.05) is 17.1 Å². The summed E-state index contributed by atoms with van der Waals surface area (Å²) in [4.78, 5) is 14.1. The van der Waals surface area contributed by atoms with E-state index >= 15 is 0 Å². The summed E-state index contributed by atoms with van der Waals surface area (Å²) in [5.74, 6) is 0.165. The van der Waals surface area contributed by atoms with Gasteiger partial charge in [-0.05, 0) is 37.6 Å². The van der Waals surface area contributed by atoms with Crippen molar-refractivity contribution in [2.24, 2.45) is 0 Å². The van der Waals surface area contributed by atoms with Gasteiger partial charge in [-0.15, -0.1) is 0 Å². The number of amides is 1. The molecule has 3 rings (SSSR count). The van der Waals surface area contributed by atoms with Crippen LogP contribution in [0.5, 0.6) is 0 Å². The molecule has 1 amide bonds. The second-order valence-corrected chi connectivity index (χ2v) is 5.69. The molecule has 1 fully saturated rings. The predicted molar refractivity (Wildman–Crippen MR) is 76.0 cm³/mol. The number of halogens is 1. The lowest BCUT2D eigenvalue weighted by atomic mass is 10.0. The van der Waals surface area contributed by atoms with Gasteiger partial charge in [-0.25, -0.2) is 0 Å². The van der Waals surface area contributed by atoms with E-state index in [1.807, 2.05) is 23.1 Å². The van der Waals surface area contributed by atoms with Crippen LogP contribution in [-0.4, -0.2) is 31.6 Å². The number of hydrogen-bond donors (Lipinski definition) is 2. The molecule has 0 spiro atoms. The van der Waals surface area contributed by atoms with E-state index in [4.69, 9.17) is 0 Å². The predicted octanol–water partition coefficient (Wildman–Crippen LogP) is 1.96. The third-order valence-electron chi connectivity index (χ3n) is 3.55. The van der Waals surface area contributed by atoms with Crippen molar-refractivity contribution in [3.8, 4) is 0 Å². The molecule has 1 aromatic carbocycles. The second kappa shape index (κ2) is 4.90. The van der Waals surface area contributed by atoms with E-state index in [1.165, 1.54) is 0 Å². The molecule has 4 nitrogen and oxygen atoms in total. The van der Waals surface area contributed by atoms with Crippen LogP contribution in [0, 0.1) is 0 Å². The maximum atomic E-state index is 12.2. The lowest BCUT2D eigenvalue weighted by molar-refractivity contribution is -0.117. The van der Waals surface area contributed by atoms with Gasteiger partial charge in [-0.3, -0.25) is 4.79 Å². The highest BCUT2D eigenvalue weighted by Crippen LogP contribution is 2.34. The Morgan fingerprint density at radius 3 is 3.06 bits per heavy atom. The highest BCUT2D eigenvalue weighted by atomic mass is 79.9. The van der Waals surface area contributed by atoms with Gasteiger partial charge in [0.25, 0.3) is 0 Å². The Labute approximate surface area is 115 Å². The number of carbonyl (C=O) groups is 1. The molecule has 1 saturated heterocycles. The van der Waals surface area contributed by atoms with Crippen LogP contribution < -0.4 is 15.5 Å². The van der Waals surface area contributed by atoms with Crippen LogP contribution in [0.15, 0.2) is 22.7 Å². The van der Waals surface area contributed by atoms with Crippen molar-refractivity contribution in [3.63, 3.8) is 0 Å². The van der Waals surface area contributed by atoms with E-state index in [9.17, 15) is 4.79 Å². The number of fused-ring (bicyclic) bond motifs is 1. The summed E-state index contributed by atoms with van der Waals surface area (Å²) >= 11 is 3.47. The first-order valence-electron chi connectivity index (χ1n) is 6.32. The largest absolute Gasteiger partial charge is 0.374 e. The topological polar surface area (TPSA) is 44.4 Å². The minimum Gasteiger partial charge on any atom is -0.374 e. The summed E-state index contributed by atoms with van der Waals surface area (Å²) in [6.45, 7) is 2.34. The quantitative estimate of drug-likeness (QED) is 0.833. The lowest BCUT2D eigenvalue weighted by Gasteiger charge is -2.38. The van der Waals surface area contributed by atoms with Gasteiger partial charge in [-0.1, -0.05) is 15.9 Å². The van der Waals surface area contributed by atoms with Crippen LogP contribution in [0.3, 0.4) is 0 Å². The highest BCUT2D eigenvalue weighted by molar-refractivity contribution is 9.10. The zero-order chi connectivity index (χ0) is 12.5. The first-order valence-corrected chi connectivity index (χ1v) is 7.11. The number of nitrogens with zero attached hydrogens (tertiary/aromatic N) is 1. The Balaban J connectivity index is 1.95. The molecule has 0 aromatic heterocycles. The molecule has 2 heterocycles. The standard InChI is InChI=1S/C13H16BrN3O/c14-9-3-4-12-11(6-9)16-8-13(18)17(12)10-2-1-5-15-7-10/h3-4,6,10,15-16H,1-2,5,7-8H2. The Hall–Kier alpha value is -1.07. The Kier molecular flexibility index (Phi) is 3.26. The summed E-state index contributed by atoms with van der Waals surface area (Å²) < 4.78 is 1.03. The van der Waals surface area contributed by atoms with E-state index < -0.39 is 0 Å². The smallest absolute Gasteiger partial charge is 0.246 e. The van der Waals surface area contributed by atoms with Gasteiger partial charge < -0.3 is 15.5 Å². The number of carbonyl (C=O) groups excluding carboxylic acids is 1. The third kappa shape index (κ3) is 2.12. The fraction of sp³-hybridized carbons (Fsp3) is 0.462. The number of nitrogens with one attached hydrogen (secondary N) is 2. The Bertz CT molecular complexity index is 471. The Morgan fingerprint density at radius 1 is 1.39 bits per heavy atom. The molecule has 0 saturated carbocycles. The number of anilines is 2. The van der Waals surface area contributed by atoms with Gasteiger partial charge in [-0.2, -0.15) is 0 Å². The van der Waals surface area contributed by atoms with Crippen molar-refractivity contribution >= 4 is 33.2 Å². The number of piperidine rings is 1. The molecule has 1 unspecified atom stereocenters. The molecular formula is C13H16BrN3O. The summed E-state index contributed by atoms with van der Waals surface area (Å²) in [6, 6.07) is 6.32. The molecule has 0 bridgehead atoms. The van der Waals surface area contributed by atoms with Gasteiger partial charge in [0.15, 0.2) is 0 Å². The van der Waals surface area contributed by atoms with Crippen molar-refractivity contribution in [1.82, 2.24) is 5.32 Å². The SMILES string of the molecule is O=C1CNc2cc(Br)ccc2N1C1CCCNC1. The molecule has 2 N–H and O–H groups in total. The highest BCUT2D eigenvalue weighted by Gasteiger charge is 2.31. The molecule has 0 aliphatic carbocycles. The summed E-state index contributed by atoms with van der Waals surface area (Å²) in [6.07, 6.45) is 2.21. The first-order chi connectivity index (χ1) is 8.75. The van der Waals surface area contributed by atoms with Crippen LogP contribution in [0.2, 0.25) is 0 Å². The number of hydrogen-bond acceptors (Lipinski definition) is 3. The van der Waals surface area contributed by atoms with Gasteiger partial charge in [0.2, 0.25) is 5.91 Å². The van der Waals surface area contributed by atoms with Crippen LogP contribution >= 0.6 is 15.9 Å². The first kappa shape index (κ1) is 12.0. The summed E-state index contributed by atoms with van der Waals surface area (Å²) in [5, 5.41) is 6.55. The molecule has 2 aliphatic rings. The molecule has 1 aromatic rings. The van der Waals surface area contributed by atoms with E-state index in [1.54, 1.807) is 0 Å². The molecule has 2 aliphatic heterocycles. The second-order valence-electron chi connectivity index (χ2n) is 4.78. The molecule has 5 heteroatoms. The van der Waals surface area contributed by atoms with E-state index in [0.717, 1.165) is 41.8 Å². The maximum absolute atomic E-state index is 12.2. The fourth-order valence-corrected chi connectivity index (χ4v) is 3.07. The van der Waals surface area contributed by atoms with Crippen LogP contribution in [-0.2, 0) is 4.79 Å². The van der Waals surface area contributed by atoms with Crippen molar-refractivity contribution < 1.29 is 4.79 Å². The minimum absolute atomic E-state index is 0.165.